The summed E-state index contributed by atoms with van der Waals surface area (Å²) in [7, 11) is 0. The Balaban J connectivity index is 0. The SMILES string of the molecule is Cl.NCCCN=C(N)NN=C(N)N. The number of halogens is 1. The number of nitrogens with two attached hydrogens (primary N) is 4. The topological polar surface area (TPSA) is 141 Å². The molecule has 0 saturated carbocycles. The van der Waals surface area contributed by atoms with Crippen LogP contribution in [-0.4, -0.2) is 25.0 Å². The van der Waals surface area contributed by atoms with E-state index in [2.05, 4.69) is 15.5 Å². The molecule has 0 amide bonds. The normalized spacial score (nSPS) is 10.1. The third kappa shape index (κ3) is 10.8. The van der Waals surface area contributed by atoms with Crippen LogP contribution in [0.1, 0.15) is 6.42 Å². The zero-order valence-electron chi connectivity index (χ0n) is 7.23. The van der Waals surface area contributed by atoms with Crippen LogP contribution in [0.3, 0.4) is 0 Å². The number of nitrogens with one attached hydrogen (secondary N) is 1. The Bertz CT molecular complexity index is 174. The smallest absolute Gasteiger partial charge is 0.209 e. The maximum Gasteiger partial charge on any atom is 0.209 e. The Morgan fingerprint density at radius 3 is 2.31 bits per heavy atom. The lowest BCUT2D eigenvalue weighted by molar-refractivity contribution is 0.832. The molecule has 13 heavy (non-hydrogen) atoms. The Hall–Kier alpha value is -1.21. The van der Waals surface area contributed by atoms with Crippen molar-refractivity contribution in [2.75, 3.05) is 13.1 Å². The second-order valence-corrected chi connectivity index (χ2v) is 2.06. The summed E-state index contributed by atoms with van der Waals surface area (Å²) in [6, 6.07) is 0. The predicted octanol–water partition coefficient (Wildman–Crippen LogP) is -2.15. The van der Waals surface area contributed by atoms with Gasteiger partial charge in [0.15, 0.2) is 0 Å². The molecule has 0 atom stereocenters. The number of rotatable bonds is 4. The third-order valence-corrected chi connectivity index (χ3v) is 0.944. The Morgan fingerprint density at radius 2 is 1.85 bits per heavy atom. The predicted molar refractivity (Wildman–Crippen MR) is 56.4 cm³/mol. The minimum Gasteiger partial charge on any atom is -0.369 e. The van der Waals surface area contributed by atoms with E-state index in [0.29, 0.717) is 13.1 Å². The Morgan fingerprint density at radius 1 is 1.23 bits per heavy atom. The van der Waals surface area contributed by atoms with E-state index in [9.17, 15) is 0 Å². The fourth-order valence-corrected chi connectivity index (χ4v) is 0.448. The van der Waals surface area contributed by atoms with Crippen LogP contribution in [0.15, 0.2) is 10.1 Å². The van der Waals surface area contributed by atoms with Crippen LogP contribution >= 0.6 is 12.4 Å². The minimum absolute atomic E-state index is 0. The van der Waals surface area contributed by atoms with E-state index < -0.39 is 0 Å². The van der Waals surface area contributed by atoms with Gasteiger partial charge in [0.1, 0.15) is 0 Å². The molecule has 0 aromatic heterocycles. The van der Waals surface area contributed by atoms with Crippen molar-refractivity contribution in [1.29, 1.82) is 0 Å². The zero-order valence-corrected chi connectivity index (χ0v) is 8.05. The lowest BCUT2D eigenvalue weighted by Crippen LogP contribution is -2.33. The number of aliphatic imine (C=N–C) groups is 1. The molecule has 0 aliphatic heterocycles. The van der Waals surface area contributed by atoms with Gasteiger partial charge in [-0.05, 0) is 13.0 Å². The van der Waals surface area contributed by atoms with Crippen LogP contribution in [0.5, 0.6) is 0 Å². The maximum absolute atomic E-state index is 5.34. The highest BCUT2D eigenvalue weighted by atomic mass is 35.5. The first-order chi connectivity index (χ1) is 5.66. The van der Waals surface area contributed by atoms with Crippen LogP contribution in [0.2, 0.25) is 0 Å². The first-order valence-corrected chi connectivity index (χ1v) is 3.51. The quantitative estimate of drug-likeness (QED) is 0.155. The summed E-state index contributed by atoms with van der Waals surface area (Å²) in [6.07, 6.45) is 0.782. The monoisotopic (exact) mass is 209 g/mol. The highest BCUT2D eigenvalue weighted by molar-refractivity contribution is 5.85. The van der Waals surface area contributed by atoms with Gasteiger partial charge in [-0.15, -0.1) is 17.5 Å². The summed E-state index contributed by atoms with van der Waals surface area (Å²) in [5.74, 6) is 0.0869. The molecule has 78 valence electrons. The van der Waals surface area contributed by atoms with Crippen molar-refractivity contribution in [2.24, 2.45) is 33.0 Å². The summed E-state index contributed by atoms with van der Waals surface area (Å²) < 4.78 is 0. The second-order valence-electron chi connectivity index (χ2n) is 2.06. The summed E-state index contributed by atoms with van der Waals surface area (Å²) in [6.45, 7) is 1.15. The van der Waals surface area contributed by atoms with Gasteiger partial charge in [-0.3, -0.25) is 4.99 Å². The van der Waals surface area contributed by atoms with E-state index in [1.54, 1.807) is 0 Å². The van der Waals surface area contributed by atoms with Crippen molar-refractivity contribution in [3.63, 3.8) is 0 Å². The highest BCUT2D eigenvalue weighted by Crippen LogP contribution is 1.75. The van der Waals surface area contributed by atoms with E-state index in [1.165, 1.54) is 0 Å². The second kappa shape index (κ2) is 8.88. The van der Waals surface area contributed by atoms with Crippen LogP contribution in [0, 0.1) is 0 Å². The van der Waals surface area contributed by atoms with Crippen LogP contribution < -0.4 is 28.4 Å². The molecule has 0 aromatic rings. The number of hydrogen-bond acceptors (Lipinski definition) is 3. The van der Waals surface area contributed by atoms with Gasteiger partial charge in [0.05, 0.1) is 0 Å². The van der Waals surface area contributed by atoms with Crippen molar-refractivity contribution in [3.05, 3.63) is 0 Å². The van der Waals surface area contributed by atoms with Crippen LogP contribution in [0.25, 0.3) is 0 Å². The van der Waals surface area contributed by atoms with Crippen molar-refractivity contribution in [2.45, 2.75) is 6.42 Å². The zero-order chi connectivity index (χ0) is 9.40. The molecule has 0 radical (unpaired) electrons. The van der Waals surface area contributed by atoms with Crippen molar-refractivity contribution < 1.29 is 0 Å². The molecule has 0 fully saturated rings. The number of hydrazone groups is 1. The van der Waals surface area contributed by atoms with E-state index in [0.717, 1.165) is 6.42 Å². The molecular formula is C5H16ClN7. The highest BCUT2D eigenvalue weighted by Gasteiger charge is 1.87. The van der Waals surface area contributed by atoms with Gasteiger partial charge in [0, 0.05) is 6.54 Å². The molecule has 0 aliphatic rings. The average molecular weight is 210 g/mol. The van der Waals surface area contributed by atoms with Gasteiger partial charge in [0.2, 0.25) is 11.9 Å². The van der Waals surface area contributed by atoms with Gasteiger partial charge in [0.25, 0.3) is 0 Å². The fraction of sp³-hybridized carbons (Fsp3) is 0.600. The Kier molecular flexibility index (Phi) is 9.79. The average Bonchev–Trinajstić information content (AvgIpc) is 2.01. The first kappa shape index (κ1) is 14.3. The summed E-state index contributed by atoms with van der Waals surface area (Å²) in [5, 5.41) is 3.44. The van der Waals surface area contributed by atoms with Gasteiger partial charge >= 0.3 is 0 Å². The van der Waals surface area contributed by atoms with Crippen LogP contribution in [-0.2, 0) is 0 Å². The first-order valence-electron chi connectivity index (χ1n) is 3.51. The molecule has 0 heterocycles. The maximum atomic E-state index is 5.34. The molecule has 9 N–H and O–H groups in total. The number of hydrogen-bond donors (Lipinski definition) is 5. The largest absolute Gasteiger partial charge is 0.369 e. The molecule has 0 saturated heterocycles. The molecule has 0 spiro atoms. The molecule has 0 bridgehead atoms. The summed E-state index contributed by atoms with van der Waals surface area (Å²) >= 11 is 0. The molecule has 0 unspecified atom stereocenters. The van der Waals surface area contributed by atoms with E-state index in [4.69, 9.17) is 22.9 Å². The number of nitrogens with zero attached hydrogens (tertiary/aromatic N) is 2. The molecule has 7 nitrogen and oxygen atoms in total. The summed E-state index contributed by atoms with van der Waals surface area (Å²) in [5.41, 5.74) is 23.0. The summed E-state index contributed by atoms with van der Waals surface area (Å²) in [4.78, 5) is 3.87. The molecule has 8 heteroatoms. The van der Waals surface area contributed by atoms with Gasteiger partial charge in [-0.25, -0.2) is 5.43 Å². The fourth-order valence-electron chi connectivity index (χ4n) is 0.448. The lowest BCUT2D eigenvalue weighted by atomic mass is 10.4. The standard InChI is InChI=1S/C5H15N7.ClH/c6-2-1-3-10-5(9)12-11-4(7)8;/h1-3,6H2,(H4,7,8,11)(H3,9,10,12);1H. The van der Waals surface area contributed by atoms with Gasteiger partial charge in [-0.1, -0.05) is 0 Å². The van der Waals surface area contributed by atoms with E-state index in [-0.39, 0.29) is 24.3 Å². The van der Waals surface area contributed by atoms with Crippen LogP contribution in [0.4, 0.5) is 0 Å². The van der Waals surface area contributed by atoms with Gasteiger partial charge < -0.3 is 22.9 Å². The molecule has 0 rings (SSSR count). The Labute approximate surface area is 83.0 Å². The van der Waals surface area contributed by atoms with Crippen molar-refractivity contribution in [1.82, 2.24) is 5.43 Å². The molecular weight excluding hydrogens is 194 g/mol. The number of guanidine groups is 2. The third-order valence-electron chi connectivity index (χ3n) is 0.944. The van der Waals surface area contributed by atoms with Crippen molar-refractivity contribution >= 4 is 24.3 Å². The van der Waals surface area contributed by atoms with Gasteiger partial charge in [-0.2, -0.15) is 0 Å². The molecule has 0 aromatic carbocycles. The minimum atomic E-state index is -0.0908. The molecule has 0 aliphatic carbocycles. The lowest BCUT2D eigenvalue weighted by Gasteiger charge is -1.98. The van der Waals surface area contributed by atoms with E-state index >= 15 is 0 Å². The van der Waals surface area contributed by atoms with Crippen molar-refractivity contribution in [3.8, 4) is 0 Å². The van der Waals surface area contributed by atoms with E-state index in [1.807, 2.05) is 0 Å².